The van der Waals surface area contributed by atoms with Gasteiger partial charge < -0.3 is 10.2 Å². The van der Waals surface area contributed by atoms with Crippen LogP contribution in [0.1, 0.15) is 25.7 Å². The maximum Gasteiger partial charge on any atom is 0.218 e. The first-order valence-electron chi connectivity index (χ1n) is 5.30. The Bertz CT molecular complexity index is 312. The van der Waals surface area contributed by atoms with E-state index in [4.69, 9.17) is 10.6 Å². The van der Waals surface area contributed by atoms with Crippen LogP contribution < -0.4 is 16.0 Å². The third-order valence-corrected chi connectivity index (χ3v) is 2.73. The van der Waals surface area contributed by atoms with Crippen LogP contribution in [0.3, 0.4) is 0 Å². The van der Waals surface area contributed by atoms with Crippen molar-refractivity contribution in [3.05, 3.63) is 12.4 Å². The third-order valence-electron chi connectivity index (χ3n) is 2.73. The number of ether oxygens (including phenoxy) is 1. The molecule has 1 aromatic heterocycles. The Morgan fingerprint density at radius 3 is 2.93 bits per heavy atom. The number of aromatic nitrogens is 2. The van der Waals surface area contributed by atoms with E-state index >= 15 is 0 Å². The van der Waals surface area contributed by atoms with E-state index in [1.807, 2.05) is 0 Å². The zero-order valence-electron chi connectivity index (χ0n) is 8.65. The Labute approximate surface area is 89.0 Å². The van der Waals surface area contributed by atoms with E-state index in [1.165, 1.54) is 32.0 Å². The average Bonchev–Trinajstić information content (AvgIpc) is 2.79. The van der Waals surface area contributed by atoms with Crippen molar-refractivity contribution >= 4 is 5.82 Å². The highest BCUT2D eigenvalue weighted by Crippen LogP contribution is 2.25. The molecule has 0 saturated heterocycles. The minimum absolute atomic E-state index is 0.575. The number of nitrogens with one attached hydrogen (secondary N) is 1. The summed E-state index contributed by atoms with van der Waals surface area (Å²) in [5, 5.41) is 0. The molecular formula is C10H16N4O. The average molecular weight is 208 g/mol. The van der Waals surface area contributed by atoms with E-state index in [9.17, 15) is 0 Å². The molecule has 0 amide bonds. The molecule has 1 saturated carbocycles. The summed E-state index contributed by atoms with van der Waals surface area (Å²) in [5.74, 6) is 7.09. The van der Waals surface area contributed by atoms with Gasteiger partial charge in [0.15, 0.2) is 0 Å². The van der Waals surface area contributed by atoms with Gasteiger partial charge in [0, 0.05) is 6.07 Å². The van der Waals surface area contributed by atoms with Gasteiger partial charge in [-0.1, -0.05) is 12.8 Å². The maximum absolute atomic E-state index is 5.59. The van der Waals surface area contributed by atoms with E-state index in [2.05, 4.69) is 15.4 Å². The third kappa shape index (κ3) is 2.79. The fraction of sp³-hybridized carbons (Fsp3) is 0.600. The Morgan fingerprint density at radius 1 is 1.40 bits per heavy atom. The van der Waals surface area contributed by atoms with Gasteiger partial charge >= 0.3 is 0 Å². The summed E-state index contributed by atoms with van der Waals surface area (Å²) in [4.78, 5) is 7.93. The number of anilines is 1. The lowest BCUT2D eigenvalue weighted by Crippen LogP contribution is -2.11. The Morgan fingerprint density at radius 2 is 2.20 bits per heavy atom. The number of hydrogen-bond acceptors (Lipinski definition) is 5. The number of nitrogens with two attached hydrogens (primary N) is 1. The number of hydrazine groups is 1. The lowest BCUT2D eigenvalue weighted by atomic mass is 10.1. The van der Waals surface area contributed by atoms with E-state index in [-0.39, 0.29) is 0 Å². The summed E-state index contributed by atoms with van der Waals surface area (Å²) in [6.45, 7) is 0.751. The fourth-order valence-corrected chi connectivity index (χ4v) is 1.88. The fourth-order valence-electron chi connectivity index (χ4n) is 1.88. The molecule has 15 heavy (non-hydrogen) atoms. The van der Waals surface area contributed by atoms with E-state index in [0.29, 0.717) is 17.6 Å². The van der Waals surface area contributed by atoms with Crippen LogP contribution in [0, 0.1) is 5.92 Å². The molecule has 0 spiro atoms. The summed E-state index contributed by atoms with van der Waals surface area (Å²) in [7, 11) is 0. The molecule has 1 aromatic rings. The molecule has 0 radical (unpaired) electrons. The first-order chi connectivity index (χ1) is 7.38. The highest BCUT2D eigenvalue weighted by atomic mass is 16.5. The van der Waals surface area contributed by atoms with Crippen molar-refractivity contribution in [2.24, 2.45) is 11.8 Å². The predicted octanol–water partition coefficient (Wildman–Crippen LogP) is 1.33. The zero-order valence-corrected chi connectivity index (χ0v) is 8.65. The molecule has 0 unspecified atom stereocenters. The van der Waals surface area contributed by atoms with Gasteiger partial charge in [0.1, 0.15) is 12.1 Å². The molecule has 5 nitrogen and oxygen atoms in total. The van der Waals surface area contributed by atoms with E-state index < -0.39 is 0 Å². The van der Waals surface area contributed by atoms with E-state index in [1.54, 1.807) is 6.07 Å². The van der Waals surface area contributed by atoms with Crippen LogP contribution in [0.15, 0.2) is 12.4 Å². The Balaban J connectivity index is 1.86. The van der Waals surface area contributed by atoms with Crippen molar-refractivity contribution < 1.29 is 4.74 Å². The number of nitrogen functional groups attached to an aromatic ring is 1. The second-order valence-electron chi connectivity index (χ2n) is 3.85. The standard InChI is InChI=1S/C10H16N4O/c11-14-9-5-10(13-7-12-9)15-6-8-3-1-2-4-8/h5,7-8H,1-4,6,11H2,(H,12,13,14). The molecule has 82 valence electrons. The summed E-state index contributed by atoms with van der Waals surface area (Å²) in [6, 6.07) is 1.70. The Kier molecular flexibility index (Phi) is 3.34. The normalized spacial score (nSPS) is 16.6. The molecular weight excluding hydrogens is 192 g/mol. The first-order valence-corrected chi connectivity index (χ1v) is 5.30. The van der Waals surface area contributed by atoms with Crippen molar-refractivity contribution in [3.8, 4) is 5.88 Å². The highest BCUT2D eigenvalue weighted by molar-refractivity contribution is 5.35. The van der Waals surface area contributed by atoms with Crippen LogP contribution >= 0.6 is 0 Å². The molecule has 1 fully saturated rings. The van der Waals surface area contributed by atoms with Gasteiger partial charge in [-0.15, -0.1) is 0 Å². The molecule has 3 N–H and O–H groups in total. The quantitative estimate of drug-likeness (QED) is 0.577. The number of hydrogen-bond donors (Lipinski definition) is 2. The molecule has 1 aliphatic rings. The van der Waals surface area contributed by atoms with Crippen LogP contribution in [0.2, 0.25) is 0 Å². The van der Waals surface area contributed by atoms with Crippen molar-refractivity contribution in [1.29, 1.82) is 0 Å². The topological polar surface area (TPSA) is 73.1 Å². The summed E-state index contributed by atoms with van der Waals surface area (Å²) in [5.41, 5.74) is 2.46. The van der Waals surface area contributed by atoms with Crippen LogP contribution in [0.4, 0.5) is 5.82 Å². The first kappa shape index (κ1) is 10.2. The lowest BCUT2D eigenvalue weighted by molar-refractivity contribution is 0.243. The Hall–Kier alpha value is -1.36. The van der Waals surface area contributed by atoms with Crippen molar-refractivity contribution in [2.75, 3.05) is 12.0 Å². The molecule has 0 aromatic carbocycles. The molecule has 2 rings (SSSR count). The smallest absolute Gasteiger partial charge is 0.218 e. The van der Waals surface area contributed by atoms with Crippen LogP contribution in [0.5, 0.6) is 5.88 Å². The van der Waals surface area contributed by atoms with Gasteiger partial charge in [-0.25, -0.2) is 15.8 Å². The summed E-state index contributed by atoms with van der Waals surface area (Å²) < 4.78 is 5.59. The molecule has 0 atom stereocenters. The van der Waals surface area contributed by atoms with E-state index in [0.717, 1.165) is 6.61 Å². The second kappa shape index (κ2) is 4.93. The predicted molar refractivity (Wildman–Crippen MR) is 57.3 cm³/mol. The lowest BCUT2D eigenvalue weighted by Gasteiger charge is -2.10. The minimum Gasteiger partial charge on any atom is -0.477 e. The van der Waals surface area contributed by atoms with Gasteiger partial charge in [0.2, 0.25) is 5.88 Å². The molecule has 1 aliphatic carbocycles. The van der Waals surface area contributed by atoms with Gasteiger partial charge in [-0.05, 0) is 18.8 Å². The van der Waals surface area contributed by atoms with Gasteiger partial charge in [0.25, 0.3) is 0 Å². The van der Waals surface area contributed by atoms with Gasteiger partial charge in [-0.3, -0.25) is 0 Å². The summed E-state index contributed by atoms with van der Waals surface area (Å²) >= 11 is 0. The molecule has 0 bridgehead atoms. The number of rotatable bonds is 4. The molecule has 1 heterocycles. The second-order valence-corrected chi connectivity index (χ2v) is 3.85. The zero-order chi connectivity index (χ0) is 10.5. The van der Waals surface area contributed by atoms with Crippen LogP contribution in [0.25, 0.3) is 0 Å². The summed E-state index contributed by atoms with van der Waals surface area (Å²) in [6.07, 6.45) is 6.64. The van der Waals surface area contributed by atoms with Crippen molar-refractivity contribution in [1.82, 2.24) is 9.97 Å². The van der Waals surface area contributed by atoms with Crippen LogP contribution in [-0.4, -0.2) is 16.6 Å². The SMILES string of the molecule is NNc1cc(OCC2CCCC2)ncn1. The van der Waals surface area contributed by atoms with Gasteiger partial charge in [0.05, 0.1) is 6.61 Å². The molecule has 0 aliphatic heterocycles. The largest absolute Gasteiger partial charge is 0.477 e. The number of nitrogens with zero attached hydrogens (tertiary/aromatic N) is 2. The monoisotopic (exact) mass is 208 g/mol. The van der Waals surface area contributed by atoms with Crippen molar-refractivity contribution in [2.45, 2.75) is 25.7 Å². The molecule has 5 heteroatoms. The highest BCUT2D eigenvalue weighted by Gasteiger charge is 2.15. The minimum atomic E-state index is 0.575. The maximum atomic E-state index is 5.59. The van der Waals surface area contributed by atoms with Crippen LogP contribution in [-0.2, 0) is 0 Å². The van der Waals surface area contributed by atoms with Gasteiger partial charge in [-0.2, -0.15) is 0 Å². The van der Waals surface area contributed by atoms with Crippen molar-refractivity contribution in [3.63, 3.8) is 0 Å².